The Balaban J connectivity index is 0.000000810. The van der Waals surface area contributed by atoms with Crippen LogP contribution in [0.15, 0.2) is 30.8 Å². The Kier molecular flexibility index (Phi) is 4.35. The van der Waals surface area contributed by atoms with Crippen LogP contribution in [0.25, 0.3) is 6.08 Å². The minimum atomic E-state index is 0. The van der Waals surface area contributed by atoms with Gasteiger partial charge in [0.15, 0.2) is 0 Å². The van der Waals surface area contributed by atoms with Crippen LogP contribution in [0.1, 0.15) is 5.56 Å². The molecule has 0 unspecified atom stereocenters. The second-order valence-corrected chi connectivity index (χ2v) is 1.80. The zero-order chi connectivity index (χ0) is 6.69. The normalized spacial score (nSPS) is 8.00. The van der Waals surface area contributed by atoms with E-state index in [0.29, 0.717) is 5.75 Å². The van der Waals surface area contributed by atoms with Crippen LogP contribution in [-0.2, 0) is 0 Å². The van der Waals surface area contributed by atoms with E-state index in [9.17, 15) is 0 Å². The number of hydrogen-bond acceptors (Lipinski definition) is 1. The fraction of sp³-hybridized carbons (Fsp3) is 0. The average molecular weight is 329 g/mol. The second-order valence-electron chi connectivity index (χ2n) is 1.80. The molecule has 0 aliphatic carbocycles. The number of benzene rings is 1. The van der Waals surface area contributed by atoms with Crippen molar-refractivity contribution in [2.24, 2.45) is 0 Å². The van der Waals surface area contributed by atoms with Crippen molar-refractivity contribution in [2.45, 2.75) is 0 Å². The first-order valence-electron chi connectivity index (χ1n) is 2.74. The van der Waals surface area contributed by atoms with Crippen LogP contribution >= 0.6 is 0 Å². The van der Waals surface area contributed by atoms with Gasteiger partial charge in [0, 0.05) is 0 Å². The Morgan fingerprint density at radius 1 is 1.20 bits per heavy atom. The Hall–Kier alpha value is -0.318. The number of hydrogen-bond donors (Lipinski definition) is 1. The summed E-state index contributed by atoms with van der Waals surface area (Å²) in [4.78, 5) is 0. The first kappa shape index (κ1) is 9.68. The molecular weight excluding hydrogens is 319 g/mol. The molecule has 0 atom stereocenters. The molecule has 2 heteroatoms. The number of rotatable bonds is 1. The van der Waals surface area contributed by atoms with Gasteiger partial charge < -0.3 is 5.11 Å². The third-order valence-electron chi connectivity index (χ3n) is 1.13. The van der Waals surface area contributed by atoms with Gasteiger partial charge >= 0.3 is 27.3 Å². The summed E-state index contributed by atoms with van der Waals surface area (Å²) in [5, 5.41) is 8.82. The minimum absolute atomic E-state index is 0. The van der Waals surface area contributed by atoms with E-state index in [2.05, 4.69) is 6.58 Å². The van der Waals surface area contributed by atoms with Crippen molar-refractivity contribution >= 4 is 33.4 Å². The van der Waals surface area contributed by atoms with Gasteiger partial charge in [0.25, 0.3) is 0 Å². The van der Waals surface area contributed by atoms with Gasteiger partial charge in [0.05, 0.1) is 0 Å². The van der Waals surface area contributed by atoms with Gasteiger partial charge in [-0.2, -0.15) is 0 Å². The summed E-state index contributed by atoms with van der Waals surface area (Å²) in [5.74, 6) is 0.292. The SMILES string of the molecule is C=Cc1ccc(O)cc1.[PbH2]. The summed E-state index contributed by atoms with van der Waals surface area (Å²) >= 11 is 0. The zero-order valence-electron chi connectivity index (χ0n) is 5.75. The predicted octanol–water partition coefficient (Wildman–Crippen LogP) is 1.12. The molecule has 0 saturated heterocycles. The van der Waals surface area contributed by atoms with Crippen LogP contribution in [0.4, 0.5) is 0 Å². The van der Waals surface area contributed by atoms with E-state index in [1.165, 1.54) is 0 Å². The second kappa shape index (κ2) is 4.49. The molecule has 0 aliphatic rings. The fourth-order valence-electron chi connectivity index (χ4n) is 0.610. The van der Waals surface area contributed by atoms with E-state index in [-0.39, 0.29) is 27.3 Å². The van der Waals surface area contributed by atoms with Gasteiger partial charge in [-0.3, -0.25) is 0 Å². The molecule has 10 heavy (non-hydrogen) atoms. The van der Waals surface area contributed by atoms with Crippen molar-refractivity contribution in [2.75, 3.05) is 0 Å². The van der Waals surface area contributed by atoms with Crippen molar-refractivity contribution < 1.29 is 5.11 Å². The molecule has 0 saturated carbocycles. The molecule has 0 spiro atoms. The van der Waals surface area contributed by atoms with Crippen molar-refractivity contribution in [1.82, 2.24) is 0 Å². The predicted molar refractivity (Wildman–Crippen MR) is 46.7 cm³/mol. The summed E-state index contributed by atoms with van der Waals surface area (Å²) in [6.07, 6.45) is 1.74. The van der Waals surface area contributed by atoms with Crippen molar-refractivity contribution in [3.8, 4) is 5.75 Å². The van der Waals surface area contributed by atoms with Gasteiger partial charge in [0.1, 0.15) is 5.75 Å². The molecule has 1 rings (SSSR count). The standard InChI is InChI=1S/C8H8O.Pb.2H/c1-2-7-3-5-8(9)6-4-7;;;/h2-6,9H,1H2;;;. The number of phenols is 1. The summed E-state index contributed by atoms with van der Waals surface area (Å²) in [6.45, 7) is 3.58. The Bertz CT molecular complexity index is 203. The first-order valence-corrected chi connectivity index (χ1v) is 2.74. The van der Waals surface area contributed by atoms with Crippen molar-refractivity contribution in [1.29, 1.82) is 0 Å². The Labute approximate surface area is 80.5 Å². The molecular formula is C8H10OPb. The van der Waals surface area contributed by atoms with Crippen LogP contribution in [0.2, 0.25) is 0 Å². The van der Waals surface area contributed by atoms with Gasteiger partial charge in [-0.25, -0.2) is 0 Å². The summed E-state index contributed by atoms with van der Waals surface area (Å²) in [7, 11) is 0. The van der Waals surface area contributed by atoms with Crippen LogP contribution in [0.5, 0.6) is 5.75 Å². The first-order chi connectivity index (χ1) is 4.33. The number of aromatic hydroxyl groups is 1. The molecule has 0 heterocycles. The molecule has 1 aromatic rings. The Morgan fingerprint density at radius 3 is 2.10 bits per heavy atom. The summed E-state index contributed by atoms with van der Waals surface area (Å²) in [5.41, 5.74) is 1.02. The third kappa shape index (κ3) is 2.51. The summed E-state index contributed by atoms with van der Waals surface area (Å²) < 4.78 is 0. The van der Waals surface area contributed by atoms with Crippen LogP contribution in [0.3, 0.4) is 0 Å². The monoisotopic (exact) mass is 330 g/mol. The van der Waals surface area contributed by atoms with Crippen LogP contribution in [-0.4, -0.2) is 32.4 Å². The molecule has 0 bridgehead atoms. The van der Waals surface area contributed by atoms with Crippen molar-refractivity contribution in [3.05, 3.63) is 36.4 Å². The van der Waals surface area contributed by atoms with Crippen LogP contribution in [0, 0.1) is 0 Å². The maximum atomic E-state index is 8.82. The Morgan fingerprint density at radius 2 is 1.70 bits per heavy atom. The molecule has 0 amide bonds. The molecule has 0 aliphatic heterocycles. The molecule has 1 nitrogen and oxygen atoms in total. The average Bonchev–Trinajstić information content (AvgIpc) is 1.90. The van der Waals surface area contributed by atoms with Crippen molar-refractivity contribution in [3.63, 3.8) is 0 Å². The van der Waals surface area contributed by atoms with E-state index in [4.69, 9.17) is 5.11 Å². The van der Waals surface area contributed by atoms with Gasteiger partial charge in [-0.05, 0) is 17.7 Å². The van der Waals surface area contributed by atoms with E-state index in [1.54, 1.807) is 18.2 Å². The quantitative estimate of drug-likeness (QED) is 0.766. The molecule has 1 N–H and O–H groups in total. The third-order valence-corrected chi connectivity index (χ3v) is 1.13. The molecule has 52 valence electrons. The molecule has 0 aromatic heterocycles. The van der Waals surface area contributed by atoms with Gasteiger partial charge in [-0.1, -0.05) is 24.8 Å². The zero-order valence-corrected chi connectivity index (χ0v) is 11.2. The topological polar surface area (TPSA) is 20.2 Å². The van der Waals surface area contributed by atoms with Gasteiger partial charge in [-0.15, -0.1) is 0 Å². The van der Waals surface area contributed by atoms with E-state index < -0.39 is 0 Å². The van der Waals surface area contributed by atoms with E-state index in [0.717, 1.165) is 5.56 Å². The summed E-state index contributed by atoms with van der Waals surface area (Å²) in [6, 6.07) is 6.89. The van der Waals surface area contributed by atoms with Crippen LogP contribution < -0.4 is 0 Å². The molecule has 0 fully saturated rings. The molecule has 2 radical (unpaired) electrons. The maximum absolute atomic E-state index is 8.82. The van der Waals surface area contributed by atoms with E-state index in [1.807, 2.05) is 12.1 Å². The fourth-order valence-corrected chi connectivity index (χ4v) is 0.610. The molecule has 1 aromatic carbocycles. The van der Waals surface area contributed by atoms with Gasteiger partial charge in [0.2, 0.25) is 0 Å². The van der Waals surface area contributed by atoms with E-state index >= 15 is 0 Å². The number of phenolic OH excluding ortho intramolecular Hbond substituents is 1.